The topological polar surface area (TPSA) is 55.6 Å². The molecule has 0 saturated carbocycles. The van der Waals surface area contributed by atoms with Crippen molar-refractivity contribution in [2.45, 2.75) is 20.3 Å². The van der Waals surface area contributed by atoms with Gasteiger partial charge in [-0.2, -0.15) is 0 Å². The minimum atomic E-state index is -0.178. The van der Waals surface area contributed by atoms with Crippen molar-refractivity contribution in [3.05, 3.63) is 0 Å². The van der Waals surface area contributed by atoms with Gasteiger partial charge in [0.25, 0.3) is 0 Å². The number of hydrogen-bond donors (Lipinski definition) is 1. The molecule has 0 rings (SSSR count). The summed E-state index contributed by atoms with van der Waals surface area (Å²) in [5.74, 6) is 0.244. The van der Waals surface area contributed by atoms with Gasteiger partial charge < -0.3 is 10.5 Å². The molecule has 0 fully saturated rings. The SMILES string of the molecule is CCCN(CC(=O)OC)CC(C)CN. The first-order valence-corrected chi connectivity index (χ1v) is 5.13. The zero-order valence-electron chi connectivity index (χ0n) is 9.45. The van der Waals surface area contributed by atoms with Crippen LogP contribution in [-0.2, 0) is 9.53 Å². The van der Waals surface area contributed by atoms with Crippen LogP contribution in [0.4, 0.5) is 0 Å². The molecule has 0 aliphatic heterocycles. The Balaban J connectivity index is 3.94. The van der Waals surface area contributed by atoms with Crippen LogP contribution in [0.25, 0.3) is 0 Å². The molecule has 0 aliphatic rings. The van der Waals surface area contributed by atoms with E-state index in [4.69, 9.17) is 5.73 Å². The molecule has 0 radical (unpaired) electrons. The van der Waals surface area contributed by atoms with Crippen LogP contribution in [0, 0.1) is 5.92 Å². The van der Waals surface area contributed by atoms with Crippen molar-refractivity contribution in [3.63, 3.8) is 0 Å². The normalized spacial score (nSPS) is 12.9. The molecule has 4 nitrogen and oxygen atoms in total. The van der Waals surface area contributed by atoms with Gasteiger partial charge in [0.15, 0.2) is 0 Å². The number of carbonyl (C=O) groups is 1. The summed E-state index contributed by atoms with van der Waals surface area (Å²) in [7, 11) is 1.42. The average Bonchev–Trinajstić information content (AvgIpc) is 2.17. The zero-order valence-corrected chi connectivity index (χ0v) is 9.45. The van der Waals surface area contributed by atoms with E-state index in [1.165, 1.54) is 7.11 Å². The lowest BCUT2D eigenvalue weighted by Crippen LogP contribution is -2.36. The Bertz CT molecular complexity index is 162. The highest BCUT2D eigenvalue weighted by molar-refractivity contribution is 5.71. The van der Waals surface area contributed by atoms with Crippen molar-refractivity contribution in [3.8, 4) is 0 Å². The summed E-state index contributed by atoms with van der Waals surface area (Å²) in [4.78, 5) is 13.2. The van der Waals surface area contributed by atoms with Gasteiger partial charge in [-0.25, -0.2) is 0 Å². The lowest BCUT2D eigenvalue weighted by molar-refractivity contribution is -0.142. The smallest absolute Gasteiger partial charge is 0.319 e. The van der Waals surface area contributed by atoms with Crippen LogP contribution in [-0.4, -0.2) is 44.2 Å². The Kier molecular flexibility index (Phi) is 7.42. The van der Waals surface area contributed by atoms with E-state index < -0.39 is 0 Å². The summed E-state index contributed by atoms with van der Waals surface area (Å²) in [6.45, 7) is 6.98. The second kappa shape index (κ2) is 7.76. The van der Waals surface area contributed by atoms with Crippen molar-refractivity contribution in [1.29, 1.82) is 0 Å². The molecule has 0 saturated heterocycles. The fraction of sp³-hybridized carbons (Fsp3) is 0.900. The third-order valence-corrected chi connectivity index (χ3v) is 2.09. The van der Waals surface area contributed by atoms with Gasteiger partial charge >= 0.3 is 5.97 Å². The number of hydrogen-bond acceptors (Lipinski definition) is 4. The summed E-state index contributed by atoms with van der Waals surface area (Å²) >= 11 is 0. The second-order valence-electron chi connectivity index (χ2n) is 3.65. The van der Waals surface area contributed by atoms with Crippen molar-refractivity contribution >= 4 is 5.97 Å². The van der Waals surface area contributed by atoms with E-state index in [2.05, 4.69) is 23.5 Å². The number of esters is 1. The molecule has 2 N–H and O–H groups in total. The number of rotatable bonds is 7. The monoisotopic (exact) mass is 202 g/mol. The third-order valence-electron chi connectivity index (χ3n) is 2.09. The van der Waals surface area contributed by atoms with Crippen molar-refractivity contribution in [2.24, 2.45) is 11.7 Å². The van der Waals surface area contributed by atoms with Crippen molar-refractivity contribution < 1.29 is 9.53 Å². The Morgan fingerprint density at radius 1 is 1.57 bits per heavy atom. The number of nitrogens with zero attached hydrogens (tertiary/aromatic N) is 1. The molecule has 84 valence electrons. The Labute approximate surface area is 86.4 Å². The van der Waals surface area contributed by atoms with Crippen LogP contribution < -0.4 is 5.73 Å². The van der Waals surface area contributed by atoms with Gasteiger partial charge in [-0.1, -0.05) is 13.8 Å². The summed E-state index contributed by atoms with van der Waals surface area (Å²) in [5.41, 5.74) is 5.54. The molecular weight excluding hydrogens is 180 g/mol. The molecule has 0 aliphatic carbocycles. The maximum Gasteiger partial charge on any atom is 0.319 e. The highest BCUT2D eigenvalue weighted by Crippen LogP contribution is 1.99. The fourth-order valence-electron chi connectivity index (χ4n) is 1.31. The van der Waals surface area contributed by atoms with Gasteiger partial charge in [0.2, 0.25) is 0 Å². The lowest BCUT2D eigenvalue weighted by atomic mass is 10.1. The fourth-order valence-corrected chi connectivity index (χ4v) is 1.31. The van der Waals surface area contributed by atoms with E-state index in [9.17, 15) is 4.79 Å². The van der Waals surface area contributed by atoms with Crippen molar-refractivity contribution in [2.75, 3.05) is 33.3 Å². The number of nitrogens with two attached hydrogens (primary N) is 1. The first-order chi connectivity index (χ1) is 6.63. The molecule has 0 aromatic rings. The Morgan fingerprint density at radius 3 is 2.64 bits per heavy atom. The average molecular weight is 202 g/mol. The predicted molar refractivity (Wildman–Crippen MR) is 57.0 cm³/mol. The van der Waals surface area contributed by atoms with Gasteiger partial charge in [-0.3, -0.25) is 9.69 Å². The highest BCUT2D eigenvalue weighted by Gasteiger charge is 2.12. The lowest BCUT2D eigenvalue weighted by Gasteiger charge is -2.23. The molecule has 4 heteroatoms. The van der Waals surface area contributed by atoms with Crippen LogP contribution in [0.1, 0.15) is 20.3 Å². The van der Waals surface area contributed by atoms with E-state index in [1.54, 1.807) is 0 Å². The second-order valence-corrected chi connectivity index (χ2v) is 3.65. The Morgan fingerprint density at radius 2 is 2.21 bits per heavy atom. The molecule has 1 unspecified atom stereocenters. The molecule has 0 amide bonds. The molecular formula is C10H22N2O2. The largest absolute Gasteiger partial charge is 0.468 e. The molecule has 0 heterocycles. The molecule has 0 aromatic heterocycles. The van der Waals surface area contributed by atoms with Crippen LogP contribution in [0.2, 0.25) is 0 Å². The van der Waals surface area contributed by atoms with E-state index in [1.807, 2.05) is 0 Å². The first-order valence-electron chi connectivity index (χ1n) is 5.13. The number of carbonyl (C=O) groups excluding carboxylic acids is 1. The third kappa shape index (κ3) is 5.94. The summed E-state index contributed by atoms with van der Waals surface area (Å²) in [6, 6.07) is 0. The quantitative estimate of drug-likeness (QED) is 0.610. The first kappa shape index (κ1) is 13.4. The summed E-state index contributed by atoms with van der Waals surface area (Å²) < 4.78 is 4.63. The predicted octanol–water partition coefficient (Wildman–Crippen LogP) is 0.466. The van der Waals surface area contributed by atoms with Crippen LogP contribution in [0.15, 0.2) is 0 Å². The standard InChI is InChI=1S/C10H22N2O2/c1-4-5-12(7-9(2)6-11)8-10(13)14-3/h9H,4-8,11H2,1-3H3. The molecule has 0 bridgehead atoms. The van der Waals surface area contributed by atoms with E-state index in [0.717, 1.165) is 19.5 Å². The van der Waals surface area contributed by atoms with Crippen LogP contribution in [0.3, 0.4) is 0 Å². The summed E-state index contributed by atoms with van der Waals surface area (Å²) in [5, 5.41) is 0. The molecule has 0 aromatic carbocycles. The van der Waals surface area contributed by atoms with Crippen LogP contribution in [0.5, 0.6) is 0 Å². The van der Waals surface area contributed by atoms with Gasteiger partial charge in [0.1, 0.15) is 0 Å². The van der Waals surface area contributed by atoms with E-state index in [-0.39, 0.29) is 5.97 Å². The maximum absolute atomic E-state index is 11.1. The van der Waals surface area contributed by atoms with Gasteiger partial charge in [-0.05, 0) is 25.4 Å². The maximum atomic E-state index is 11.1. The minimum absolute atomic E-state index is 0.178. The Hall–Kier alpha value is -0.610. The minimum Gasteiger partial charge on any atom is -0.468 e. The zero-order chi connectivity index (χ0) is 11.0. The molecule has 1 atom stereocenters. The van der Waals surface area contributed by atoms with Crippen LogP contribution >= 0.6 is 0 Å². The number of ether oxygens (including phenoxy) is 1. The highest BCUT2D eigenvalue weighted by atomic mass is 16.5. The van der Waals surface area contributed by atoms with Gasteiger partial charge in [0.05, 0.1) is 13.7 Å². The molecule has 0 spiro atoms. The number of methoxy groups -OCH3 is 1. The van der Waals surface area contributed by atoms with E-state index in [0.29, 0.717) is 19.0 Å². The van der Waals surface area contributed by atoms with Gasteiger partial charge in [0, 0.05) is 6.54 Å². The van der Waals surface area contributed by atoms with Crippen molar-refractivity contribution in [1.82, 2.24) is 4.90 Å². The molecule has 14 heavy (non-hydrogen) atoms. The van der Waals surface area contributed by atoms with E-state index >= 15 is 0 Å². The van der Waals surface area contributed by atoms with Gasteiger partial charge in [-0.15, -0.1) is 0 Å². The summed E-state index contributed by atoms with van der Waals surface area (Å²) in [6.07, 6.45) is 1.04.